The molecule has 0 atom stereocenters. The Hall–Kier alpha value is -2.58. The lowest BCUT2D eigenvalue weighted by Gasteiger charge is -2.43. The van der Waals surface area contributed by atoms with E-state index in [4.69, 9.17) is 9.47 Å². The van der Waals surface area contributed by atoms with Crippen LogP contribution in [0.2, 0.25) is 0 Å². The summed E-state index contributed by atoms with van der Waals surface area (Å²) in [5, 5.41) is 0. The summed E-state index contributed by atoms with van der Waals surface area (Å²) in [4.78, 5) is 15.5. The van der Waals surface area contributed by atoms with Gasteiger partial charge in [0.05, 0.1) is 4.90 Å². The number of carbonyl (C=O) groups excluding carboxylic acids is 1. The average molecular weight is 457 g/mol. The smallest absolute Gasteiger partial charge is 0.254 e. The fourth-order valence-electron chi connectivity index (χ4n) is 5.27. The minimum Gasteiger partial charge on any atom is -0.486 e. The molecule has 170 valence electrons. The van der Waals surface area contributed by atoms with E-state index in [2.05, 4.69) is 6.07 Å². The van der Waals surface area contributed by atoms with E-state index in [-0.39, 0.29) is 16.2 Å². The predicted molar refractivity (Wildman–Crippen MR) is 120 cm³/mol. The van der Waals surface area contributed by atoms with Gasteiger partial charge >= 0.3 is 0 Å². The Morgan fingerprint density at radius 3 is 2.41 bits per heavy atom. The molecule has 1 amide bonds. The van der Waals surface area contributed by atoms with Crippen LogP contribution in [0.25, 0.3) is 0 Å². The number of hydrogen-bond donors (Lipinski definition) is 0. The Morgan fingerprint density at radius 2 is 1.72 bits per heavy atom. The number of hydrogen-bond acceptors (Lipinski definition) is 5. The molecular weight excluding hydrogens is 428 g/mol. The highest BCUT2D eigenvalue weighted by Gasteiger charge is 2.44. The third-order valence-electron chi connectivity index (χ3n) is 6.90. The number of nitrogens with zero attached hydrogens (tertiary/aromatic N) is 2. The fourth-order valence-corrected chi connectivity index (χ4v) is 6.22. The zero-order valence-electron chi connectivity index (χ0n) is 18.5. The molecule has 3 aliphatic rings. The molecule has 0 unspecified atom stereocenters. The zero-order valence-corrected chi connectivity index (χ0v) is 19.3. The molecule has 1 fully saturated rings. The molecule has 8 heteroatoms. The van der Waals surface area contributed by atoms with Gasteiger partial charge in [-0.25, -0.2) is 12.7 Å². The van der Waals surface area contributed by atoms with Crippen LogP contribution in [0.5, 0.6) is 11.5 Å². The molecule has 2 aliphatic heterocycles. The first-order chi connectivity index (χ1) is 15.3. The maximum atomic E-state index is 13.5. The molecule has 0 saturated heterocycles. The largest absolute Gasteiger partial charge is 0.486 e. The molecule has 2 aromatic rings. The number of rotatable bonds is 3. The van der Waals surface area contributed by atoms with Crippen molar-refractivity contribution >= 4 is 15.9 Å². The molecule has 1 spiro atoms. The minimum atomic E-state index is -3.61. The van der Waals surface area contributed by atoms with Crippen LogP contribution in [0.15, 0.2) is 41.3 Å². The molecule has 2 aromatic carbocycles. The van der Waals surface area contributed by atoms with Gasteiger partial charge < -0.3 is 14.4 Å². The van der Waals surface area contributed by atoms with Crippen molar-refractivity contribution in [2.45, 2.75) is 42.5 Å². The van der Waals surface area contributed by atoms with E-state index < -0.39 is 10.0 Å². The lowest BCUT2D eigenvalue weighted by Crippen LogP contribution is -2.47. The van der Waals surface area contributed by atoms with Crippen LogP contribution in [-0.2, 0) is 22.0 Å². The number of fused-ring (bicyclic) bond motifs is 3. The molecule has 0 aromatic heterocycles. The maximum Gasteiger partial charge on any atom is 0.254 e. The van der Waals surface area contributed by atoms with E-state index in [1.807, 2.05) is 11.0 Å². The van der Waals surface area contributed by atoms with Crippen LogP contribution in [-0.4, -0.2) is 57.4 Å². The molecular formula is C24H28N2O5S. The molecule has 0 N–H and O–H groups in total. The van der Waals surface area contributed by atoms with Gasteiger partial charge in [0.15, 0.2) is 11.5 Å². The van der Waals surface area contributed by atoms with Crippen LogP contribution in [0.3, 0.4) is 0 Å². The minimum absolute atomic E-state index is 0.0909. The van der Waals surface area contributed by atoms with Crippen molar-refractivity contribution in [1.82, 2.24) is 9.21 Å². The molecule has 0 bridgehead atoms. The third-order valence-corrected chi connectivity index (χ3v) is 8.71. The quantitative estimate of drug-likeness (QED) is 0.709. The Morgan fingerprint density at radius 1 is 1.03 bits per heavy atom. The van der Waals surface area contributed by atoms with Gasteiger partial charge in [-0.05, 0) is 54.3 Å². The normalized spacial score (nSPS) is 19.3. The van der Waals surface area contributed by atoms with Crippen LogP contribution in [0, 0.1) is 0 Å². The van der Waals surface area contributed by atoms with Crippen molar-refractivity contribution in [3.05, 3.63) is 53.1 Å². The van der Waals surface area contributed by atoms with Crippen molar-refractivity contribution in [3.63, 3.8) is 0 Å². The van der Waals surface area contributed by atoms with Crippen molar-refractivity contribution in [2.75, 3.05) is 33.9 Å². The first-order valence-electron chi connectivity index (χ1n) is 11.1. The Labute approximate surface area is 189 Å². The number of ether oxygens (including phenoxy) is 2. The molecule has 1 aliphatic carbocycles. The van der Waals surface area contributed by atoms with Gasteiger partial charge in [0.25, 0.3) is 5.91 Å². The summed E-state index contributed by atoms with van der Waals surface area (Å²) in [6.45, 7) is 2.17. The van der Waals surface area contributed by atoms with Gasteiger partial charge in [-0.1, -0.05) is 18.9 Å². The second-order valence-corrected chi connectivity index (χ2v) is 11.3. The van der Waals surface area contributed by atoms with Gasteiger partial charge in [0, 0.05) is 38.2 Å². The summed E-state index contributed by atoms with van der Waals surface area (Å²) in [5.74, 6) is 1.38. The van der Waals surface area contributed by atoms with Gasteiger partial charge in [0.1, 0.15) is 13.2 Å². The van der Waals surface area contributed by atoms with Crippen molar-refractivity contribution in [3.8, 4) is 11.5 Å². The number of carbonyl (C=O) groups is 1. The second kappa shape index (κ2) is 7.78. The van der Waals surface area contributed by atoms with E-state index in [9.17, 15) is 13.2 Å². The van der Waals surface area contributed by atoms with Gasteiger partial charge in [0.2, 0.25) is 10.0 Å². The lowest BCUT2D eigenvalue weighted by atomic mass is 9.73. The monoisotopic (exact) mass is 456 g/mol. The molecule has 5 rings (SSSR count). The summed E-state index contributed by atoms with van der Waals surface area (Å²) in [5.41, 5.74) is 2.66. The fraction of sp³-hybridized carbons (Fsp3) is 0.458. The van der Waals surface area contributed by atoms with Gasteiger partial charge in [-0.15, -0.1) is 0 Å². The lowest BCUT2D eigenvalue weighted by molar-refractivity contribution is 0.0668. The number of benzene rings is 2. The highest BCUT2D eigenvalue weighted by Crippen LogP contribution is 2.49. The molecule has 0 radical (unpaired) electrons. The second-order valence-electron chi connectivity index (χ2n) is 9.12. The Kier molecular flexibility index (Phi) is 5.17. The maximum absolute atomic E-state index is 13.5. The molecule has 32 heavy (non-hydrogen) atoms. The summed E-state index contributed by atoms with van der Waals surface area (Å²) in [6, 6.07) is 10.5. The topological polar surface area (TPSA) is 76.2 Å². The highest BCUT2D eigenvalue weighted by atomic mass is 32.2. The number of amides is 1. The van der Waals surface area contributed by atoms with Crippen LogP contribution in [0.4, 0.5) is 0 Å². The van der Waals surface area contributed by atoms with Crippen LogP contribution >= 0.6 is 0 Å². The Balaban J connectivity index is 1.51. The van der Waals surface area contributed by atoms with E-state index in [1.165, 1.54) is 31.8 Å². The van der Waals surface area contributed by atoms with Gasteiger partial charge in [-0.3, -0.25) is 4.79 Å². The van der Waals surface area contributed by atoms with Crippen molar-refractivity contribution in [1.29, 1.82) is 0 Å². The SMILES string of the molecule is CN(C)S(=O)(=O)c1cccc(C(=O)N2Cc3cc4c(cc3C3(CCCC3)C2)OCCO4)c1. The zero-order chi connectivity index (χ0) is 22.5. The Bertz CT molecular complexity index is 1170. The first kappa shape index (κ1) is 21.3. The predicted octanol–water partition coefficient (Wildman–Crippen LogP) is 3.18. The average Bonchev–Trinajstić information content (AvgIpc) is 3.26. The first-order valence-corrected chi connectivity index (χ1v) is 12.5. The highest BCUT2D eigenvalue weighted by molar-refractivity contribution is 7.89. The van der Waals surface area contributed by atoms with Crippen LogP contribution in [0.1, 0.15) is 47.2 Å². The van der Waals surface area contributed by atoms with E-state index in [0.717, 1.165) is 47.1 Å². The molecule has 2 heterocycles. The van der Waals surface area contributed by atoms with E-state index >= 15 is 0 Å². The summed E-state index contributed by atoms with van der Waals surface area (Å²) in [6.07, 6.45) is 4.32. The van der Waals surface area contributed by atoms with E-state index in [0.29, 0.717) is 31.9 Å². The third kappa shape index (κ3) is 3.46. The van der Waals surface area contributed by atoms with Crippen molar-refractivity contribution < 1.29 is 22.7 Å². The molecule has 7 nitrogen and oxygen atoms in total. The summed E-state index contributed by atoms with van der Waals surface area (Å²) < 4.78 is 37.9. The summed E-state index contributed by atoms with van der Waals surface area (Å²) in [7, 11) is -0.637. The summed E-state index contributed by atoms with van der Waals surface area (Å²) >= 11 is 0. The van der Waals surface area contributed by atoms with Crippen molar-refractivity contribution in [2.24, 2.45) is 0 Å². The number of sulfonamides is 1. The van der Waals surface area contributed by atoms with E-state index in [1.54, 1.807) is 12.1 Å². The standard InChI is InChI=1S/C24H28N2O5S/c1-25(2)32(28,29)19-7-5-6-17(12-19)23(27)26-15-18-13-21-22(31-11-10-30-21)14-20(18)24(16-26)8-3-4-9-24/h5-7,12-14H,3-4,8-11,15-16H2,1-2H3. The van der Waals surface area contributed by atoms with Gasteiger partial charge in [-0.2, -0.15) is 0 Å². The molecule has 1 saturated carbocycles. The van der Waals surface area contributed by atoms with Crippen LogP contribution < -0.4 is 9.47 Å².